The average Bonchev–Trinajstić information content (AvgIpc) is 3.21. The monoisotopic (exact) mass is 450 g/mol. The normalized spacial score (nSPS) is 11.3. The Morgan fingerprint density at radius 3 is 2.73 bits per heavy atom. The summed E-state index contributed by atoms with van der Waals surface area (Å²) in [4.78, 5) is 16.3. The summed E-state index contributed by atoms with van der Waals surface area (Å²) in [6.07, 6.45) is 0. The molecule has 30 heavy (non-hydrogen) atoms. The molecule has 0 aliphatic carbocycles. The van der Waals surface area contributed by atoms with Gasteiger partial charge in [-0.3, -0.25) is 4.79 Å². The van der Waals surface area contributed by atoms with Crippen molar-refractivity contribution in [3.63, 3.8) is 0 Å². The molecule has 1 amide bonds. The Labute approximate surface area is 178 Å². The van der Waals surface area contributed by atoms with Gasteiger partial charge in [-0.2, -0.15) is 4.98 Å². The summed E-state index contributed by atoms with van der Waals surface area (Å²) >= 11 is 5.95. The highest BCUT2D eigenvalue weighted by atomic mass is 35.5. The van der Waals surface area contributed by atoms with Gasteiger partial charge in [0, 0.05) is 17.1 Å². The van der Waals surface area contributed by atoms with Crippen LogP contribution in [0.4, 0.5) is 0 Å². The summed E-state index contributed by atoms with van der Waals surface area (Å²) in [5.41, 5.74) is 0.755. The smallest absolute Gasteiger partial charge is 0.255 e. The zero-order valence-electron chi connectivity index (χ0n) is 16.2. The molecule has 0 fully saturated rings. The van der Waals surface area contributed by atoms with Gasteiger partial charge in [-0.15, -0.1) is 0 Å². The van der Waals surface area contributed by atoms with Gasteiger partial charge in [-0.05, 0) is 37.3 Å². The molecule has 2 N–H and O–H groups in total. The maximum absolute atomic E-state index is 12.7. The van der Waals surface area contributed by atoms with Gasteiger partial charge < -0.3 is 14.6 Å². The maximum Gasteiger partial charge on any atom is 0.255 e. The van der Waals surface area contributed by atoms with Crippen molar-refractivity contribution >= 4 is 27.5 Å². The second kappa shape index (κ2) is 9.24. The first-order chi connectivity index (χ1) is 14.3. The standard InChI is InChI=1S/C19H19ClN4O5S/c1-3-21-19(25)15-10-14(7-8-16(15)28-2)30(26,27)22-11-17-23-18(24-29-17)12-5-4-6-13(20)9-12/h4-10,22H,3,11H2,1-2H3,(H,21,25). The minimum Gasteiger partial charge on any atom is -0.496 e. The van der Waals surface area contributed by atoms with Crippen LogP contribution in [0, 0.1) is 0 Å². The Morgan fingerprint density at radius 1 is 1.23 bits per heavy atom. The molecule has 2 aromatic carbocycles. The number of aromatic nitrogens is 2. The minimum atomic E-state index is -3.95. The number of ether oxygens (including phenoxy) is 1. The van der Waals surface area contributed by atoms with E-state index in [0.717, 1.165) is 0 Å². The van der Waals surface area contributed by atoms with Gasteiger partial charge >= 0.3 is 0 Å². The van der Waals surface area contributed by atoms with E-state index in [-0.39, 0.29) is 34.5 Å². The number of nitrogens with zero attached hydrogens (tertiary/aromatic N) is 2. The molecule has 1 heterocycles. The number of amides is 1. The highest BCUT2D eigenvalue weighted by molar-refractivity contribution is 7.89. The Hall–Kier alpha value is -2.95. The molecule has 0 saturated carbocycles. The number of carbonyl (C=O) groups is 1. The van der Waals surface area contributed by atoms with E-state index in [4.69, 9.17) is 20.9 Å². The van der Waals surface area contributed by atoms with Crippen LogP contribution in [-0.4, -0.2) is 38.1 Å². The van der Waals surface area contributed by atoms with Crippen molar-refractivity contribution in [2.75, 3.05) is 13.7 Å². The first-order valence-corrected chi connectivity index (χ1v) is 10.7. The zero-order chi connectivity index (χ0) is 21.7. The fourth-order valence-corrected chi connectivity index (χ4v) is 3.79. The predicted octanol–water partition coefficient (Wildman–Crippen LogP) is 2.63. The Bertz CT molecular complexity index is 1160. The Balaban J connectivity index is 1.77. The van der Waals surface area contributed by atoms with Crippen LogP contribution in [0.5, 0.6) is 5.75 Å². The van der Waals surface area contributed by atoms with Gasteiger partial charge in [0.05, 0.1) is 24.1 Å². The van der Waals surface area contributed by atoms with E-state index in [1.54, 1.807) is 31.2 Å². The van der Waals surface area contributed by atoms with Crippen molar-refractivity contribution in [1.29, 1.82) is 0 Å². The van der Waals surface area contributed by atoms with Crippen molar-refractivity contribution in [1.82, 2.24) is 20.2 Å². The molecule has 0 aliphatic heterocycles. The second-order valence-electron chi connectivity index (χ2n) is 6.07. The number of hydrogen-bond acceptors (Lipinski definition) is 7. The maximum atomic E-state index is 12.7. The van der Waals surface area contributed by atoms with Crippen molar-refractivity contribution in [3.05, 3.63) is 58.9 Å². The molecule has 0 radical (unpaired) electrons. The fraction of sp³-hybridized carbons (Fsp3) is 0.211. The summed E-state index contributed by atoms with van der Waals surface area (Å²) in [6.45, 7) is 1.93. The van der Waals surface area contributed by atoms with Gasteiger partial charge in [0.15, 0.2) is 0 Å². The first-order valence-electron chi connectivity index (χ1n) is 8.88. The van der Waals surface area contributed by atoms with Crippen LogP contribution in [-0.2, 0) is 16.6 Å². The largest absolute Gasteiger partial charge is 0.496 e. The van der Waals surface area contributed by atoms with Crippen molar-refractivity contribution in [3.8, 4) is 17.1 Å². The lowest BCUT2D eigenvalue weighted by Crippen LogP contribution is -2.26. The van der Waals surface area contributed by atoms with Crippen LogP contribution in [0.25, 0.3) is 11.4 Å². The topological polar surface area (TPSA) is 123 Å². The van der Waals surface area contributed by atoms with E-state index in [1.165, 1.54) is 25.3 Å². The molecule has 0 spiro atoms. The SMILES string of the molecule is CCNC(=O)c1cc(S(=O)(=O)NCc2nc(-c3cccc(Cl)c3)no2)ccc1OC. The molecule has 0 bridgehead atoms. The number of methoxy groups -OCH3 is 1. The number of nitrogens with one attached hydrogen (secondary N) is 2. The predicted molar refractivity (Wildman–Crippen MR) is 110 cm³/mol. The van der Waals surface area contributed by atoms with Crippen LogP contribution in [0.1, 0.15) is 23.2 Å². The lowest BCUT2D eigenvalue weighted by Gasteiger charge is -2.11. The highest BCUT2D eigenvalue weighted by Gasteiger charge is 2.20. The molecular weight excluding hydrogens is 432 g/mol. The van der Waals surface area contributed by atoms with Gasteiger partial charge in [-0.1, -0.05) is 28.9 Å². The van der Waals surface area contributed by atoms with Crippen LogP contribution >= 0.6 is 11.6 Å². The summed E-state index contributed by atoms with van der Waals surface area (Å²) < 4.78 is 38.0. The van der Waals surface area contributed by atoms with Crippen LogP contribution < -0.4 is 14.8 Å². The van der Waals surface area contributed by atoms with Gasteiger partial charge in [0.1, 0.15) is 5.75 Å². The lowest BCUT2D eigenvalue weighted by molar-refractivity contribution is 0.0952. The number of rotatable bonds is 8. The average molecular weight is 451 g/mol. The second-order valence-corrected chi connectivity index (χ2v) is 8.27. The quantitative estimate of drug-likeness (QED) is 0.540. The van der Waals surface area contributed by atoms with E-state index < -0.39 is 15.9 Å². The highest BCUT2D eigenvalue weighted by Crippen LogP contribution is 2.23. The summed E-state index contributed by atoms with van der Waals surface area (Å²) in [5.74, 6) is 0.193. The molecule has 3 aromatic rings. The molecule has 9 nitrogen and oxygen atoms in total. The first kappa shape index (κ1) is 21.8. The number of carbonyl (C=O) groups excluding carboxylic acids is 1. The molecule has 0 aliphatic rings. The molecule has 1 aromatic heterocycles. The number of sulfonamides is 1. The van der Waals surface area contributed by atoms with E-state index in [9.17, 15) is 13.2 Å². The third kappa shape index (κ3) is 4.96. The number of hydrogen-bond donors (Lipinski definition) is 2. The molecular formula is C19H19ClN4O5S. The number of halogens is 1. The molecule has 3 rings (SSSR count). The molecule has 11 heteroatoms. The van der Waals surface area contributed by atoms with Gasteiger partial charge in [0.25, 0.3) is 5.91 Å². The van der Waals surface area contributed by atoms with Crippen LogP contribution in [0.2, 0.25) is 5.02 Å². The molecule has 0 atom stereocenters. The zero-order valence-corrected chi connectivity index (χ0v) is 17.7. The molecule has 0 unspecified atom stereocenters. The van der Waals surface area contributed by atoms with Crippen molar-refractivity contribution in [2.24, 2.45) is 0 Å². The van der Waals surface area contributed by atoms with E-state index in [1.807, 2.05) is 0 Å². The summed E-state index contributed by atoms with van der Waals surface area (Å²) in [7, 11) is -2.55. The summed E-state index contributed by atoms with van der Waals surface area (Å²) in [6, 6.07) is 10.9. The summed E-state index contributed by atoms with van der Waals surface area (Å²) in [5, 5.41) is 6.97. The van der Waals surface area contributed by atoms with E-state index in [0.29, 0.717) is 17.1 Å². The van der Waals surface area contributed by atoms with Crippen LogP contribution in [0.15, 0.2) is 51.9 Å². The Kier molecular flexibility index (Phi) is 6.70. The van der Waals surface area contributed by atoms with Gasteiger partial charge in [0.2, 0.25) is 21.7 Å². The lowest BCUT2D eigenvalue weighted by atomic mass is 10.2. The Morgan fingerprint density at radius 2 is 2.03 bits per heavy atom. The van der Waals surface area contributed by atoms with E-state index in [2.05, 4.69) is 20.2 Å². The van der Waals surface area contributed by atoms with Crippen molar-refractivity contribution < 1.29 is 22.5 Å². The van der Waals surface area contributed by atoms with E-state index >= 15 is 0 Å². The minimum absolute atomic E-state index is 0.0750. The molecule has 158 valence electrons. The third-order valence-electron chi connectivity index (χ3n) is 4.03. The fourth-order valence-electron chi connectivity index (χ4n) is 2.60. The number of benzene rings is 2. The van der Waals surface area contributed by atoms with Gasteiger partial charge in [-0.25, -0.2) is 13.1 Å². The van der Waals surface area contributed by atoms with Crippen molar-refractivity contribution in [2.45, 2.75) is 18.4 Å². The molecule has 0 saturated heterocycles. The van der Waals surface area contributed by atoms with Crippen LogP contribution in [0.3, 0.4) is 0 Å². The third-order valence-corrected chi connectivity index (χ3v) is 5.66.